The molecule has 0 radical (unpaired) electrons. The first-order valence-corrected chi connectivity index (χ1v) is 4.63. The van der Waals surface area contributed by atoms with Crippen molar-refractivity contribution in [3.8, 4) is 0 Å². The monoisotopic (exact) mass is 219 g/mol. The van der Waals surface area contributed by atoms with E-state index in [4.69, 9.17) is 17.3 Å². The van der Waals surface area contributed by atoms with Crippen molar-refractivity contribution >= 4 is 24.0 Å². The zero-order chi connectivity index (χ0) is 8.97. The molecule has 0 fully saturated rings. The van der Waals surface area contributed by atoms with Gasteiger partial charge in [-0.3, -0.25) is 0 Å². The summed E-state index contributed by atoms with van der Waals surface area (Å²) in [5, 5.41) is 0.860. The molecule has 1 nitrogen and oxygen atoms in total. The molecule has 1 rings (SSSR count). The lowest BCUT2D eigenvalue weighted by atomic mass is 10.1. The number of halogens is 2. The lowest BCUT2D eigenvalue weighted by Crippen LogP contribution is -2.02. The quantitative estimate of drug-likeness (QED) is 0.832. The topological polar surface area (TPSA) is 26.0 Å². The van der Waals surface area contributed by atoms with Crippen molar-refractivity contribution in [1.82, 2.24) is 0 Å². The first kappa shape index (κ1) is 12.8. The van der Waals surface area contributed by atoms with Gasteiger partial charge in [-0.25, -0.2) is 0 Å². The lowest BCUT2D eigenvalue weighted by Gasteiger charge is -2.04. The van der Waals surface area contributed by atoms with Crippen molar-refractivity contribution in [2.75, 3.05) is 6.54 Å². The van der Waals surface area contributed by atoms with E-state index in [1.54, 1.807) is 0 Å². The van der Waals surface area contributed by atoms with Gasteiger partial charge in [-0.15, -0.1) is 12.4 Å². The first-order chi connectivity index (χ1) is 5.77. The molecule has 0 aliphatic carbocycles. The van der Waals surface area contributed by atoms with Crippen LogP contribution in [0.4, 0.5) is 0 Å². The summed E-state index contributed by atoms with van der Waals surface area (Å²) in [5.74, 6) is 0. The van der Waals surface area contributed by atoms with Crippen LogP contribution < -0.4 is 5.73 Å². The Labute approximate surface area is 90.7 Å². The van der Waals surface area contributed by atoms with Crippen LogP contribution in [0, 0.1) is 0 Å². The van der Waals surface area contributed by atoms with E-state index in [-0.39, 0.29) is 12.4 Å². The van der Waals surface area contributed by atoms with Crippen LogP contribution in [-0.2, 0) is 12.8 Å². The lowest BCUT2D eigenvalue weighted by molar-refractivity contribution is 0.962. The van der Waals surface area contributed by atoms with E-state index in [1.807, 2.05) is 12.1 Å². The molecule has 1 aromatic rings. The SMILES string of the molecule is CCc1cc(CCN)ccc1Cl.Cl. The number of rotatable bonds is 3. The Morgan fingerprint density at radius 1 is 1.38 bits per heavy atom. The molecule has 0 aliphatic rings. The highest BCUT2D eigenvalue weighted by atomic mass is 35.5. The molecule has 0 aliphatic heterocycles. The smallest absolute Gasteiger partial charge is 0.0438 e. The molecule has 0 heterocycles. The maximum atomic E-state index is 5.97. The van der Waals surface area contributed by atoms with Gasteiger partial charge >= 0.3 is 0 Å². The Kier molecular flexibility index (Phi) is 6.13. The molecule has 2 N–H and O–H groups in total. The molecular weight excluding hydrogens is 205 g/mol. The molecule has 0 bridgehead atoms. The minimum absolute atomic E-state index is 0. The zero-order valence-corrected chi connectivity index (χ0v) is 9.29. The van der Waals surface area contributed by atoms with Gasteiger partial charge in [-0.1, -0.05) is 30.7 Å². The van der Waals surface area contributed by atoms with E-state index in [0.717, 1.165) is 17.9 Å². The van der Waals surface area contributed by atoms with Crippen molar-refractivity contribution < 1.29 is 0 Å². The van der Waals surface area contributed by atoms with Gasteiger partial charge in [0, 0.05) is 5.02 Å². The van der Waals surface area contributed by atoms with Crippen LogP contribution in [0.15, 0.2) is 18.2 Å². The van der Waals surface area contributed by atoms with Gasteiger partial charge in [0.1, 0.15) is 0 Å². The molecule has 0 unspecified atom stereocenters. The molecule has 1 aromatic carbocycles. The Morgan fingerprint density at radius 2 is 2.08 bits per heavy atom. The Balaban J connectivity index is 0.00000144. The molecule has 0 amide bonds. The van der Waals surface area contributed by atoms with E-state index in [2.05, 4.69) is 13.0 Å². The predicted molar refractivity (Wildman–Crippen MR) is 60.8 cm³/mol. The van der Waals surface area contributed by atoms with Crippen molar-refractivity contribution in [2.45, 2.75) is 19.8 Å². The number of nitrogens with two attached hydrogens (primary N) is 1. The van der Waals surface area contributed by atoms with Crippen molar-refractivity contribution in [3.05, 3.63) is 34.3 Å². The Morgan fingerprint density at radius 3 is 2.62 bits per heavy atom. The summed E-state index contributed by atoms with van der Waals surface area (Å²) in [5.41, 5.74) is 7.94. The fourth-order valence-corrected chi connectivity index (χ4v) is 1.47. The largest absolute Gasteiger partial charge is 0.330 e. The highest BCUT2D eigenvalue weighted by Gasteiger charge is 1.98. The second-order valence-corrected chi connectivity index (χ2v) is 3.23. The number of hydrogen-bond acceptors (Lipinski definition) is 1. The predicted octanol–water partition coefficient (Wildman–Crippen LogP) is 2.83. The molecule has 74 valence electrons. The molecule has 0 saturated heterocycles. The summed E-state index contributed by atoms with van der Waals surface area (Å²) in [6, 6.07) is 6.12. The minimum atomic E-state index is 0. The van der Waals surface area contributed by atoms with Crippen LogP contribution in [0.25, 0.3) is 0 Å². The summed E-state index contributed by atoms with van der Waals surface area (Å²) < 4.78 is 0. The highest BCUT2D eigenvalue weighted by molar-refractivity contribution is 6.31. The first-order valence-electron chi connectivity index (χ1n) is 4.25. The van der Waals surface area contributed by atoms with Gasteiger partial charge in [0.25, 0.3) is 0 Å². The fourth-order valence-electron chi connectivity index (χ4n) is 1.22. The van der Waals surface area contributed by atoms with E-state index >= 15 is 0 Å². The van der Waals surface area contributed by atoms with Crippen LogP contribution in [0.1, 0.15) is 18.1 Å². The molecule has 3 heteroatoms. The normalized spacial score (nSPS) is 9.46. The van der Waals surface area contributed by atoms with Gasteiger partial charge in [-0.05, 0) is 36.6 Å². The van der Waals surface area contributed by atoms with E-state index in [9.17, 15) is 0 Å². The summed E-state index contributed by atoms with van der Waals surface area (Å²) in [4.78, 5) is 0. The van der Waals surface area contributed by atoms with Crippen LogP contribution in [0.2, 0.25) is 5.02 Å². The number of aryl methyl sites for hydroxylation is 1. The number of hydrogen-bond donors (Lipinski definition) is 1. The fraction of sp³-hybridized carbons (Fsp3) is 0.400. The second kappa shape index (κ2) is 6.25. The van der Waals surface area contributed by atoms with Gasteiger partial charge in [-0.2, -0.15) is 0 Å². The van der Waals surface area contributed by atoms with Crippen LogP contribution >= 0.6 is 24.0 Å². The zero-order valence-electron chi connectivity index (χ0n) is 7.72. The maximum absolute atomic E-state index is 5.97. The van der Waals surface area contributed by atoms with E-state index in [0.29, 0.717) is 6.54 Å². The molecule has 0 saturated carbocycles. The average Bonchev–Trinajstić information content (AvgIpc) is 2.09. The molecule has 13 heavy (non-hydrogen) atoms. The third-order valence-electron chi connectivity index (χ3n) is 1.92. The van der Waals surface area contributed by atoms with Crippen LogP contribution in [0.5, 0.6) is 0 Å². The van der Waals surface area contributed by atoms with Crippen molar-refractivity contribution in [2.24, 2.45) is 5.73 Å². The Hall–Kier alpha value is -0.240. The van der Waals surface area contributed by atoms with Crippen LogP contribution in [-0.4, -0.2) is 6.54 Å². The van der Waals surface area contributed by atoms with Gasteiger partial charge < -0.3 is 5.73 Å². The van der Waals surface area contributed by atoms with Gasteiger partial charge in [0.2, 0.25) is 0 Å². The standard InChI is InChI=1S/C10H14ClN.ClH/c1-2-9-7-8(5-6-12)3-4-10(9)11;/h3-4,7H,2,5-6,12H2,1H3;1H. The highest BCUT2D eigenvalue weighted by Crippen LogP contribution is 2.18. The third kappa shape index (κ3) is 3.55. The summed E-state index contributed by atoms with van der Waals surface area (Å²) in [6.45, 7) is 2.80. The summed E-state index contributed by atoms with van der Waals surface area (Å²) in [7, 11) is 0. The van der Waals surface area contributed by atoms with Crippen LogP contribution in [0.3, 0.4) is 0 Å². The number of benzene rings is 1. The summed E-state index contributed by atoms with van der Waals surface area (Å²) >= 11 is 5.97. The average molecular weight is 220 g/mol. The van der Waals surface area contributed by atoms with E-state index < -0.39 is 0 Å². The molecule has 0 spiro atoms. The van der Waals surface area contributed by atoms with E-state index in [1.165, 1.54) is 11.1 Å². The summed E-state index contributed by atoms with van der Waals surface area (Å²) in [6.07, 6.45) is 1.92. The van der Waals surface area contributed by atoms with Gasteiger partial charge in [0.15, 0.2) is 0 Å². The van der Waals surface area contributed by atoms with Gasteiger partial charge in [0.05, 0.1) is 0 Å². The molecule has 0 atom stereocenters. The minimum Gasteiger partial charge on any atom is -0.330 e. The van der Waals surface area contributed by atoms with Crippen molar-refractivity contribution in [3.63, 3.8) is 0 Å². The Bertz CT molecular complexity index is 261. The molecular formula is C10H15Cl2N. The third-order valence-corrected chi connectivity index (χ3v) is 2.29. The second-order valence-electron chi connectivity index (χ2n) is 2.82. The van der Waals surface area contributed by atoms with Crippen molar-refractivity contribution in [1.29, 1.82) is 0 Å². The molecule has 0 aromatic heterocycles. The maximum Gasteiger partial charge on any atom is 0.0438 e.